The molecule has 0 radical (unpaired) electrons. The number of nitrogens with zero attached hydrogens (tertiary/aromatic N) is 4. The maximum Gasteiger partial charge on any atom is 0.417 e. The molecule has 3 aromatic rings. The summed E-state index contributed by atoms with van der Waals surface area (Å²) in [6.07, 6.45) is -3.75. The summed E-state index contributed by atoms with van der Waals surface area (Å²) >= 11 is 0. The van der Waals surface area contributed by atoms with E-state index in [1.54, 1.807) is 11.0 Å². The van der Waals surface area contributed by atoms with Crippen LogP contribution in [0.15, 0.2) is 42.6 Å². The molecule has 7 nitrogen and oxygen atoms in total. The average Bonchev–Trinajstić information content (AvgIpc) is 2.96. The first kappa shape index (κ1) is 29.6. The first-order valence-corrected chi connectivity index (χ1v) is 13.4. The first-order chi connectivity index (χ1) is 19.9. The second kappa shape index (κ2) is 11.8. The van der Waals surface area contributed by atoms with Crippen molar-refractivity contribution in [2.45, 2.75) is 19.1 Å². The Kier molecular flexibility index (Phi) is 8.33. The van der Waals surface area contributed by atoms with Crippen LogP contribution >= 0.6 is 0 Å². The number of carbonyl (C=O) groups is 1. The van der Waals surface area contributed by atoms with Crippen molar-refractivity contribution in [1.82, 2.24) is 9.88 Å². The van der Waals surface area contributed by atoms with Gasteiger partial charge in [-0.1, -0.05) is 0 Å². The highest BCUT2D eigenvalue weighted by molar-refractivity contribution is 6.07. The Balaban J connectivity index is 1.57. The molecule has 2 aliphatic rings. The number of hydrogen-bond donors (Lipinski definition) is 1. The molecule has 5 rings (SSSR count). The van der Waals surface area contributed by atoms with E-state index in [4.69, 9.17) is 4.74 Å². The zero-order chi connectivity index (χ0) is 30.2. The van der Waals surface area contributed by atoms with Gasteiger partial charge in [-0.15, -0.1) is 0 Å². The van der Waals surface area contributed by atoms with Gasteiger partial charge < -0.3 is 24.8 Å². The van der Waals surface area contributed by atoms with E-state index in [9.17, 15) is 22.4 Å². The third-order valence-corrected chi connectivity index (χ3v) is 7.64. The number of piperazine rings is 1. The Bertz CT molecular complexity index is 1460. The van der Waals surface area contributed by atoms with Crippen molar-refractivity contribution in [3.05, 3.63) is 71.2 Å². The van der Waals surface area contributed by atoms with E-state index in [1.165, 1.54) is 12.3 Å². The Morgan fingerprint density at radius 3 is 2.38 bits per heavy atom. The number of hydrogen-bond acceptors (Lipinski definition) is 6. The van der Waals surface area contributed by atoms with Crippen molar-refractivity contribution in [3.8, 4) is 11.1 Å². The van der Waals surface area contributed by atoms with Crippen LogP contribution in [0.5, 0.6) is 0 Å². The summed E-state index contributed by atoms with van der Waals surface area (Å²) in [6, 6.07) is 5.75. The highest BCUT2D eigenvalue weighted by Crippen LogP contribution is 2.40. The number of ether oxygens (including phenoxy) is 1. The molecule has 0 aliphatic carbocycles. The van der Waals surface area contributed by atoms with Gasteiger partial charge in [-0.3, -0.25) is 4.79 Å². The normalized spacial score (nSPS) is 18.3. The molecule has 224 valence electrons. The fraction of sp³-hybridized carbons (Fsp3) is 0.379. The quantitative estimate of drug-likeness (QED) is 0.399. The van der Waals surface area contributed by atoms with E-state index in [0.717, 1.165) is 6.07 Å². The molecule has 2 aliphatic heterocycles. The number of alkyl halides is 3. The standard InChI is InChI=1S/C29H29F6N5O2/c1-17-16-40(8-7-38(17)2)23-14-22(31)25(18-3-6-24(36-15-18)39-9-11-42-12-10-39)26(32)27(23)37-28(41)20-5-4-19(30)13-21(20)29(33,34)35/h3-6,13-15,17H,7-12,16H2,1-2H3,(H,37,41)/t17-/m0/s1. The summed E-state index contributed by atoms with van der Waals surface area (Å²) in [5.41, 5.74) is -3.33. The number of benzene rings is 2. The van der Waals surface area contributed by atoms with Crippen molar-refractivity contribution in [3.63, 3.8) is 0 Å². The van der Waals surface area contributed by atoms with Crippen LogP contribution in [0.4, 0.5) is 43.5 Å². The lowest BCUT2D eigenvalue weighted by Gasteiger charge is -2.39. The summed E-state index contributed by atoms with van der Waals surface area (Å²) in [4.78, 5) is 23.2. The maximum absolute atomic E-state index is 16.3. The second-order valence-electron chi connectivity index (χ2n) is 10.4. The van der Waals surface area contributed by atoms with Crippen LogP contribution in [0.1, 0.15) is 22.8 Å². The molecular weight excluding hydrogens is 564 g/mol. The van der Waals surface area contributed by atoms with Crippen LogP contribution in [0.3, 0.4) is 0 Å². The fourth-order valence-electron chi connectivity index (χ4n) is 5.15. The monoisotopic (exact) mass is 593 g/mol. The highest BCUT2D eigenvalue weighted by atomic mass is 19.4. The number of pyridine rings is 1. The Morgan fingerprint density at radius 1 is 1.00 bits per heavy atom. The molecule has 3 heterocycles. The Morgan fingerprint density at radius 2 is 1.74 bits per heavy atom. The van der Waals surface area contributed by atoms with Crippen LogP contribution in [-0.4, -0.2) is 74.8 Å². The largest absolute Gasteiger partial charge is 0.417 e. The van der Waals surface area contributed by atoms with E-state index in [1.807, 2.05) is 23.8 Å². The van der Waals surface area contributed by atoms with E-state index in [-0.39, 0.29) is 23.4 Å². The van der Waals surface area contributed by atoms with Crippen LogP contribution in [0, 0.1) is 17.5 Å². The number of rotatable bonds is 5. The van der Waals surface area contributed by atoms with Gasteiger partial charge in [0, 0.05) is 56.6 Å². The molecule has 0 unspecified atom stereocenters. The predicted octanol–water partition coefficient (Wildman–Crippen LogP) is 5.41. The molecule has 0 bridgehead atoms. The van der Waals surface area contributed by atoms with Crippen LogP contribution in [-0.2, 0) is 10.9 Å². The number of morpholine rings is 1. The summed E-state index contributed by atoms with van der Waals surface area (Å²) in [5.74, 6) is -4.00. The smallest absolute Gasteiger partial charge is 0.378 e. The number of likely N-dealkylation sites (N-methyl/N-ethyl adjacent to an activating group) is 1. The van der Waals surface area contributed by atoms with Crippen molar-refractivity contribution in [2.24, 2.45) is 0 Å². The van der Waals surface area contributed by atoms with Gasteiger partial charge in [0.15, 0.2) is 5.82 Å². The van der Waals surface area contributed by atoms with Gasteiger partial charge in [0.1, 0.15) is 23.1 Å². The lowest BCUT2D eigenvalue weighted by atomic mass is 10.0. The van der Waals surface area contributed by atoms with Crippen LogP contribution < -0.4 is 15.1 Å². The number of halogens is 6. The first-order valence-electron chi connectivity index (χ1n) is 13.4. The summed E-state index contributed by atoms with van der Waals surface area (Å²) in [7, 11) is 1.90. The SMILES string of the molecule is C[C@H]1CN(c2cc(F)c(-c3ccc(N4CCOCC4)nc3)c(F)c2NC(=O)c2ccc(F)cc2C(F)(F)F)CCN1C. The van der Waals surface area contributed by atoms with Gasteiger partial charge in [0.05, 0.1) is 35.6 Å². The van der Waals surface area contributed by atoms with Gasteiger partial charge in [-0.2, -0.15) is 13.2 Å². The Labute approximate surface area is 238 Å². The minimum atomic E-state index is -5.05. The summed E-state index contributed by atoms with van der Waals surface area (Å²) < 4.78 is 92.0. The molecule has 2 fully saturated rings. The number of nitrogens with one attached hydrogen (secondary N) is 1. The molecule has 2 saturated heterocycles. The molecule has 13 heteroatoms. The lowest BCUT2D eigenvalue weighted by Crippen LogP contribution is -2.50. The minimum Gasteiger partial charge on any atom is -0.378 e. The Hall–Kier alpha value is -3.84. The number of carbonyl (C=O) groups excluding carboxylic acids is 1. The van der Waals surface area contributed by atoms with Gasteiger partial charge in [-0.05, 0) is 44.3 Å². The summed E-state index contributed by atoms with van der Waals surface area (Å²) in [6.45, 7) is 5.40. The molecule has 1 N–H and O–H groups in total. The van der Waals surface area contributed by atoms with E-state index in [2.05, 4.69) is 10.3 Å². The van der Waals surface area contributed by atoms with E-state index >= 15 is 8.78 Å². The zero-order valence-electron chi connectivity index (χ0n) is 22.9. The number of anilines is 3. The van der Waals surface area contributed by atoms with Crippen molar-refractivity contribution >= 4 is 23.1 Å². The lowest BCUT2D eigenvalue weighted by molar-refractivity contribution is -0.138. The third-order valence-electron chi connectivity index (χ3n) is 7.64. The molecule has 2 aromatic carbocycles. The molecule has 1 amide bonds. The van der Waals surface area contributed by atoms with Crippen LogP contribution in [0.25, 0.3) is 11.1 Å². The van der Waals surface area contributed by atoms with Gasteiger partial charge in [0.2, 0.25) is 0 Å². The highest BCUT2D eigenvalue weighted by Gasteiger charge is 2.36. The average molecular weight is 594 g/mol. The molecule has 0 saturated carbocycles. The third kappa shape index (κ3) is 6.02. The molecule has 42 heavy (non-hydrogen) atoms. The van der Waals surface area contributed by atoms with Crippen molar-refractivity contribution < 1.29 is 35.9 Å². The van der Waals surface area contributed by atoms with Crippen molar-refractivity contribution in [1.29, 1.82) is 0 Å². The van der Waals surface area contributed by atoms with E-state index < -0.39 is 51.9 Å². The van der Waals surface area contributed by atoms with Gasteiger partial charge in [0.25, 0.3) is 5.91 Å². The van der Waals surface area contributed by atoms with E-state index in [0.29, 0.717) is 63.9 Å². The molecule has 1 aromatic heterocycles. The zero-order valence-corrected chi connectivity index (χ0v) is 22.9. The second-order valence-corrected chi connectivity index (χ2v) is 10.4. The molecule has 0 spiro atoms. The number of amides is 1. The summed E-state index contributed by atoms with van der Waals surface area (Å²) in [5, 5.41) is 2.25. The van der Waals surface area contributed by atoms with Gasteiger partial charge in [-0.25, -0.2) is 18.2 Å². The minimum absolute atomic E-state index is 0.0148. The number of aromatic nitrogens is 1. The van der Waals surface area contributed by atoms with Gasteiger partial charge >= 0.3 is 6.18 Å². The predicted molar refractivity (Wildman–Crippen MR) is 146 cm³/mol. The maximum atomic E-state index is 16.3. The molecule has 1 atom stereocenters. The molecular formula is C29H29F6N5O2. The van der Waals surface area contributed by atoms with Crippen molar-refractivity contribution in [2.75, 3.05) is 68.1 Å². The fourth-order valence-corrected chi connectivity index (χ4v) is 5.15. The topological polar surface area (TPSA) is 60.9 Å². The van der Waals surface area contributed by atoms with Crippen LogP contribution in [0.2, 0.25) is 0 Å².